The molecule has 0 radical (unpaired) electrons. The second-order valence-electron chi connectivity index (χ2n) is 4.19. The van der Waals surface area contributed by atoms with E-state index in [2.05, 4.69) is 31.9 Å². The SMILES string of the molecule is O=C1CNC(C(=O)Nc2c(Br)cccc2C(=O)O)CN1. The van der Waals surface area contributed by atoms with Gasteiger partial charge >= 0.3 is 5.97 Å². The summed E-state index contributed by atoms with van der Waals surface area (Å²) in [4.78, 5) is 34.2. The van der Waals surface area contributed by atoms with Crippen LogP contribution in [-0.4, -0.2) is 42.0 Å². The number of para-hydroxylation sites is 1. The maximum Gasteiger partial charge on any atom is 0.337 e. The van der Waals surface area contributed by atoms with Crippen molar-refractivity contribution in [2.45, 2.75) is 6.04 Å². The number of amides is 2. The summed E-state index contributed by atoms with van der Waals surface area (Å²) in [6, 6.07) is 4.01. The Morgan fingerprint density at radius 2 is 2.15 bits per heavy atom. The molecule has 0 saturated carbocycles. The molecule has 1 atom stereocenters. The highest BCUT2D eigenvalue weighted by atomic mass is 79.9. The summed E-state index contributed by atoms with van der Waals surface area (Å²) in [5.41, 5.74) is 0.191. The third kappa shape index (κ3) is 3.14. The zero-order valence-corrected chi connectivity index (χ0v) is 11.9. The van der Waals surface area contributed by atoms with Crippen molar-refractivity contribution in [2.75, 3.05) is 18.4 Å². The molecule has 2 rings (SSSR count). The second kappa shape index (κ2) is 6.02. The van der Waals surface area contributed by atoms with Crippen molar-refractivity contribution in [3.8, 4) is 0 Å². The van der Waals surface area contributed by atoms with Crippen molar-refractivity contribution < 1.29 is 19.5 Å². The molecule has 7 nitrogen and oxygen atoms in total. The van der Waals surface area contributed by atoms with Gasteiger partial charge in [0, 0.05) is 11.0 Å². The van der Waals surface area contributed by atoms with Gasteiger partial charge in [-0.1, -0.05) is 6.07 Å². The van der Waals surface area contributed by atoms with E-state index in [9.17, 15) is 14.4 Å². The zero-order chi connectivity index (χ0) is 14.7. The Hall–Kier alpha value is -1.93. The van der Waals surface area contributed by atoms with Gasteiger partial charge in [-0.2, -0.15) is 0 Å². The molecule has 0 aliphatic carbocycles. The van der Waals surface area contributed by atoms with Crippen LogP contribution in [0.4, 0.5) is 5.69 Å². The summed E-state index contributed by atoms with van der Waals surface area (Å²) in [7, 11) is 0. The third-order valence-corrected chi connectivity index (χ3v) is 3.48. The van der Waals surface area contributed by atoms with Crippen molar-refractivity contribution in [2.24, 2.45) is 0 Å². The van der Waals surface area contributed by atoms with Crippen LogP contribution in [-0.2, 0) is 9.59 Å². The monoisotopic (exact) mass is 341 g/mol. The summed E-state index contributed by atoms with van der Waals surface area (Å²) in [6.07, 6.45) is 0. The molecule has 0 spiro atoms. The smallest absolute Gasteiger partial charge is 0.337 e. The minimum absolute atomic E-state index is 0.00688. The highest BCUT2D eigenvalue weighted by Gasteiger charge is 2.25. The minimum atomic E-state index is -1.13. The first-order valence-corrected chi connectivity index (χ1v) is 6.61. The summed E-state index contributed by atoms with van der Waals surface area (Å²) >= 11 is 3.21. The van der Waals surface area contributed by atoms with Gasteiger partial charge in [-0.15, -0.1) is 0 Å². The maximum absolute atomic E-state index is 12.1. The van der Waals surface area contributed by atoms with Crippen LogP contribution in [0.5, 0.6) is 0 Å². The average molecular weight is 342 g/mol. The van der Waals surface area contributed by atoms with E-state index < -0.39 is 17.9 Å². The molecular weight excluding hydrogens is 330 g/mol. The summed E-state index contributed by atoms with van der Waals surface area (Å²) in [6.45, 7) is 0.220. The molecule has 0 aromatic heterocycles. The van der Waals surface area contributed by atoms with E-state index >= 15 is 0 Å². The number of carbonyl (C=O) groups is 3. The number of hydrogen-bond acceptors (Lipinski definition) is 4. The number of anilines is 1. The number of nitrogens with one attached hydrogen (secondary N) is 3. The molecule has 1 aromatic carbocycles. The lowest BCUT2D eigenvalue weighted by molar-refractivity contribution is -0.124. The Labute approximate surface area is 122 Å². The topological polar surface area (TPSA) is 108 Å². The van der Waals surface area contributed by atoms with Gasteiger partial charge in [-0.3, -0.25) is 14.9 Å². The van der Waals surface area contributed by atoms with Gasteiger partial charge in [0.25, 0.3) is 0 Å². The molecule has 0 bridgehead atoms. The summed E-state index contributed by atoms with van der Waals surface area (Å²) in [5, 5.41) is 17.0. The van der Waals surface area contributed by atoms with Crippen LogP contribution in [0.15, 0.2) is 22.7 Å². The maximum atomic E-state index is 12.1. The van der Waals surface area contributed by atoms with Crippen molar-refractivity contribution in [3.63, 3.8) is 0 Å². The number of benzene rings is 1. The molecule has 1 fully saturated rings. The van der Waals surface area contributed by atoms with Crippen LogP contribution >= 0.6 is 15.9 Å². The average Bonchev–Trinajstić information content (AvgIpc) is 2.41. The van der Waals surface area contributed by atoms with E-state index in [-0.39, 0.29) is 30.2 Å². The quantitative estimate of drug-likeness (QED) is 0.627. The minimum Gasteiger partial charge on any atom is -0.478 e. The first-order chi connectivity index (χ1) is 9.49. The molecule has 8 heteroatoms. The predicted octanol–water partition coefficient (Wildman–Crippen LogP) is 0.174. The Bertz CT molecular complexity index is 566. The molecule has 1 unspecified atom stereocenters. The van der Waals surface area contributed by atoms with Crippen molar-refractivity contribution in [1.82, 2.24) is 10.6 Å². The first-order valence-electron chi connectivity index (χ1n) is 5.82. The molecule has 1 aliphatic heterocycles. The Morgan fingerprint density at radius 3 is 2.75 bits per heavy atom. The van der Waals surface area contributed by atoms with Gasteiger partial charge in [-0.05, 0) is 28.1 Å². The van der Waals surface area contributed by atoms with Crippen LogP contribution in [0.3, 0.4) is 0 Å². The lowest BCUT2D eigenvalue weighted by Gasteiger charge is -2.23. The fraction of sp³-hybridized carbons (Fsp3) is 0.250. The molecule has 1 heterocycles. The fourth-order valence-corrected chi connectivity index (χ4v) is 2.26. The molecule has 1 aliphatic rings. The van der Waals surface area contributed by atoms with Crippen LogP contribution in [0, 0.1) is 0 Å². The predicted molar refractivity (Wildman–Crippen MR) is 74.5 cm³/mol. The number of carbonyl (C=O) groups excluding carboxylic acids is 2. The normalized spacial score (nSPS) is 18.2. The molecule has 106 valence electrons. The molecule has 1 saturated heterocycles. The standard InChI is InChI=1S/C12H12BrN3O4/c13-7-3-1-2-6(12(19)20)10(7)16-11(18)8-4-15-9(17)5-14-8/h1-3,8,14H,4-5H2,(H,15,17)(H,16,18)(H,19,20). The first kappa shape index (κ1) is 14.5. The highest BCUT2D eigenvalue weighted by molar-refractivity contribution is 9.10. The van der Waals surface area contributed by atoms with Gasteiger partial charge in [0.15, 0.2) is 0 Å². The number of carboxylic acid groups (broad SMARTS) is 1. The van der Waals surface area contributed by atoms with Crippen LogP contribution < -0.4 is 16.0 Å². The number of hydrogen-bond donors (Lipinski definition) is 4. The van der Waals surface area contributed by atoms with Crippen molar-refractivity contribution in [3.05, 3.63) is 28.2 Å². The molecule has 20 heavy (non-hydrogen) atoms. The molecule has 4 N–H and O–H groups in total. The highest BCUT2D eigenvalue weighted by Crippen LogP contribution is 2.26. The fourth-order valence-electron chi connectivity index (χ4n) is 1.79. The summed E-state index contributed by atoms with van der Waals surface area (Å²) in [5.74, 6) is -1.72. The number of halogens is 1. The zero-order valence-electron chi connectivity index (χ0n) is 10.3. The lowest BCUT2D eigenvalue weighted by Crippen LogP contribution is -2.56. The van der Waals surface area contributed by atoms with Gasteiger partial charge in [0.1, 0.15) is 6.04 Å². The third-order valence-electron chi connectivity index (χ3n) is 2.82. The molecular formula is C12H12BrN3O4. The summed E-state index contributed by atoms with van der Waals surface area (Å²) < 4.78 is 0.477. The van der Waals surface area contributed by atoms with E-state index in [1.54, 1.807) is 12.1 Å². The second-order valence-corrected chi connectivity index (χ2v) is 5.05. The Balaban J connectivity index is 2.15. The number of piperazine rings is 1. The van der Waals surface area contributed by atoms with Crippen molar-refractivity contribution >= 4 is 39.4 Å². The van der Waals surface area contributed by atoms with Crippen LogP contribution in [0.2, 0.25) is 0 Å². The Morgan fingerprint density at radius 1 is 1.40 bits per heavy atom. The van der Waals surface area contributed by atoms with E-state index in [1.807, 2.05) is 0 Å². The van der Waals surface area contributed by atoms with Gasteiger partial charge in [-0.25, -0.2) is 4.79 Å². The lowest BCUT2D eigenvalue weighted by atomic mass is 10.1. The van der Waals surface area contributed by atoms with Crippen molar-refractivity contribution in [1.29, 1.82) is 0 Å². The van der Waals surface area contributed by atoms with E-state index in [4.69, 9.17) is 5.11 Å². The number of carboxylic acids is 1. The van der Waals surface area contributed by atoms with E-state index in [1.165, 1.54) is 6.07 Å². The van der Waals surface area contributed by atoms with Crippen LogP contribution in [0.1, 0.15) is 10.4 Å². The van der Waals surface area contributed by atoms with E-state index in [0.29, 0.717) is 4.47 Å². The number of rotatable bonds is 3. The molecule has 1 aromatic rings. The van der Waals surface area contributed by atoms with Gasteiger partial charge in [0.2, 0.25) is 11.8 Å². The largest absolute Gasteiger partial charge is 0.478 e. The van der Waals surface area contributed by atoms with Gasteiger partial charge < -0.3 is 15.7 Å². The Kier molecular flexibility index (Phi) is 4.35. The molecule has 2 amide bonds. The van der Waals surface area contributed by atoms with Gasteiger partial charge in [0.05, 0.1) is 17.8 Å². The number of aromatic carboxylic acids is 1. The van der Waals surface area contributed by atoms with E-state index in [0.717, 1.165) is 0 Å². The van der Waals surface area contributed by atoms with Crippen LogP contribution in [0.25, 0.3) is 0 Å².